The Bertz CT molecular complexity index is 902. The highest BCUT2D eigenvalue weighted by molar-refractivity contribution is 5.74. The molecule has 11 nitrogen and oxygen atoms in total. The van der Waals surface area contributed by atoms with E-state index in [4.69, 9.17) is 23.7 Å². The lowest BCUT2D eigenvalue weighted by molar-refractivity contribution is -0.276. The monoisotopic (exact) mass is 479 g/mol. The molecule has 1 aromatic rings. The van der Waals surface area contributed by atoms with Crippen LogP contribution in [0.1, 0.15) is 40.2 Å². The van der Waals surface area contributed by atoms with Gasteiger partial charge in [0.25, 0.3) is 0 Å². The van der Waals surface area contributed by atoms with Crippen molar-refractivity contribution in [3.05, 3.63) is 35.9 Å². The maximum atomic E-state index is 12.7. The van der Waals surface area contributed by atoms with Gasteiger partial charge in [0.15, 0.2) is 24.5 Å². The molecule has 186 valence electrons. The average molecular weight is 479 g/mol. The lowest BCUT2D eigenvalue weighted by Gasteiger charge is -2.47. The lowest BCUT2D eigenvalue weighted by Crippen LogP contribution is -2.66. The standard InChI is InChI=1S/C23H29NO10/c1-13(25)24(11-18-9-7-6-8-10-18)23-22(33-17(5)29)21(32-16(4)28)20(31-15(3)27)19(34-23)12-30-14(2)26/h6-10,19-23H,11-12H2,1-5H3/t19-,20-,21+,22-,23-/m1/s1. The summed E-state index contributed by atoms with van der Waals surface area (Å²) in [6, 6.07) is 8.99. The Morgan fingerprint density at radius 3 is 1.79 bits per heavy atom. The molecule has 0 aliphatic carbocycles. The Morgan fingerprint density at radius 1 is 0.765 bits per heavy atom. The minimum Gasteiger partial charge on any atom is -0.463 e. The molecule has 5 atom stereocenters. The van der Waals surface area contributed by atoms with Crippen molar-refractivity contribution >= 4 is 29.8 Å². The predicted octanol–water partition coefficient (Wildman–Crippen LogP) is 1.12. The van der Waals surface area contributed by atoms with Crippen molar-refractivity contribution in [1.82, 2.24) is 4.90 Å². The van der Waals surface area contributed by atoms with Gasteiger partial charge in [0.2, 0.25) is 5.91 Å². The molecule has 1 fully saturated rings. The first kappa shape index (κ1) is 26.8. The third-order valence-electron chi connectivity index (χ3n) is 4.87. The molecule has 0 unspecified atom stereocenters. The highest BCUT2D eigenvalue weighted by Gasteiger charge is 2.54. The van der Waals surface area contributed by atoms with Crippen LogP contribution in [0, 0.1) is 0 Å². The minimum atomic E-state index is -1.35. The summed E-state index contributed by atoms with van der Waals surface area (Å²) < 4.78 is 27.3. The topological polar surface area (TPSA) is 135 Å². The largest absolute Gasteiger partial charge is 0.463 e. The first-order valence-corrected chi connectivity index (χ1v) is 10.6. The van der Waals surface area contributed by atoms with Crippen LogP contribution in [-0.2, 0) is 54.2 Å². The summed E-state index contributed by atoms with van der Waals surface area (Å²) in [4.78, 5) is 61.1. The summed E-state index contributed by atoms with van der Waals surface area (Å²) in [5.41, 5.74) is 0.755. The molecule has 1 aliphatic rings. The molecule has 0 saturated carbocycles. The number of rotatable bonds is 8. The zero-order chi connectivity index (χ0) is 25.4. The fraction of sp³-hybridized carbons (Fsp3) is 0.522. The second-order valence-electron chi connectivity index (χ2n) is 7.72. The molecule has 1 amide bonds. The molecular formula is C23H29NO10. The zero-order valence-corrected chi connectivity index (χ0v) is 19.7. The summed E-state index contributed by atoms with van der Waals surface area (Å²) in [5, 5.41) is 0. The van der Waals surface area contributed by atoms with Gasteiger partial charge < -0.3 is 28.6 Å². The van der Waals surface area contributed by atoms with Gasteiger partial charge in [0.05, 0.1) is 0 Å². The molecule has 0 N–H and O–H groups in total. The molecule has 1 aromatic carbocycles. The minimum absolute atomic E-state index is 0.0733. The molecule has 0 spiro atoms. The van der Waals surface area contributed by atoms with Gasteiger partial charge in [0.1, 0.15) is 12.7 Å². The number of ether oxygens (including phenoxy) is 5. The van der Waals surface area contributed by atoms with E-state index in [0.29, 0.717) is 0 Å². The van der Waals surface area contributed by atoms with Crippen LogP contribution in [0.25, 0.3) is 0 Å². The maximum Gasteiger partial charge on any atom is 0.303 e. The van der Waals surface area contributed by atoms with Crippen LogP contribution < -0.4 is 0 Å². The predicted molar refractivity (Wildman–Crippen MR) is 115 cm³/mol. The third kappa shape index (κ3) is 7.55. The van der Waals surface area contributed by atoms with E-state index in [1.54, 1.807) is 24.3 Å². The van der Waals surface area contributed by atoms with E-state index < -0.39 is 60.4 Å². The number of carbonyl (C=O) groups is 5. The SMILES string of the molecule is CC(=O)OC[C@H]1O[C@@H](N(Cc2ccccc2)C(C)=O)[C@H](OC(C)=O)[C@@H](OC(C)=O)[C@@H]1OC(C)=O. The van der Waals surface area contributed by atoms with Crippen LogP contribution >= 0.6 is 0 Å². The zero-order valence-electron chi connectivity index (χ0n) is 19.7. The number of benzene rings is 1. The van der Waals surface area contributed by atoms with Crippen LogP contribution in [0.4, 0.5) is 0 Å². The number of amides is 1. The summed E-state index contributed by atoms with van der Waals surface area (Å²) in [7, 11) is 0. The average Bonchev–Trinajstić information content (AvgIpc) is 2.73. The van der Waals surface area contributed by atoms with E-state index in [0.717, 1.165) is 26.3 Å². The Kier molecular flexibility index (Phi) is 9.55. The summed E-state index contributed by atoms with van der Waals surface area (Å²) in [5.74, 6) is -3.26. The smallest absolute Gasteiger partial charge is 0.303 e. The number of hydrogen-bond acceptors (Lipinski definition) is 10. The van der Waals surface area contributed by atoms with E-state index in [9.17, 15) is 24.0 Å². The first-order valence-electron chi connectivity index (χ1n) is 10.6. The highest BCUT2D eigenvalue weighted by atomic mass is 16.7. The second-order valence-corrected chi connectivity index (χ2v) is 7.72. The number of nitrogens with zero attached hydrogens (tertiary/aromatic N) is 1. The van der Waals surface area contributed by atoms with Gasteiger partial charge in [-0.1, -0.05) is 30.3 Å². The Labute approximate surface area is 197 Å². The van der Waals surface area contributed by atoms with Gasteiger partial charge in [0, 0.05) is 41.2 Å². The van der Waals surface area contributed by atoms with Crippen LogP contribution in [0.3, 0.4) is 0 Å². The van der Waals surface area contributed by atoms with Gasteiger partial charge in [-0.05, 0) is 5.56 Å². The van der Waals surface area contributed by atoms with Crippen LogP contribution in [0.15, 0.2) is 30.3 Å². The van der Waals surface area contributed by atoms with Gasteiger partial charge >= 0.3 is 23.9 Å². The number of esters is 4. The van der Waals surface area contributed by atoms with Crippen LogP contribution in [-0.4, -0.2) is 71.9 Å². The molecule has 0 radical (unpaired) electrons. The summed E-state index contributed by atoms with van der Waals surface area (Å²) >= 11 is 0. The van der Waals surface area contributed by atoms with Gasteiger partial charge in [-0.25, -0.2) is 0 Å². The van der Waals surface area contributed by atoms with Crippen molar-refractivity contribution in [2.45, 2.75) is 71.8 Å². The van der Waals surface area contributed by atoms with Crippen molar-refractivity contribution in [1.29, 1.82) is 0 Å². The van der Waals surface area contributed by atoms with Crippen LogP contribution in [0.2, 0.25) is 0 Å². The van der Waals surface area contributed by atoms with Crippen molar-refractivity contribution in [2.75, 3.05) is 6.61 Å². The molecule has 0 bridgehead atoms. The van der Waals surface area contributed by atoms with Gasteiger partial charge in [-0.2, -0.15) is 0 Å². The Morgan fingerprint density at radius 2 is 1.29 bits per heavy atom. The molecular weight excluding hydrogens is 450 g/mol. The molecule has 0 aromatic heterocycles. The molecule has 34 heavy (non-hydrogen) atoms. The van der Waals surface area contributed by atoms with Crippen molar-refractivity contribution in [3.63, 3.8) is 0 Å². The van der Waals surface area contributed by atoms with Crippen molar-refractivity contribution in [3.8, 4) is 0 Å². The Hall–Kier alpha value is -3.47. The van der Waals surface area contributed by atoms with Gasteiger partial charge in [-0.3, -0.25) is 24.0 Å². The van der Waals surface area contributed by atoms with Crippen molar-refractivity contribution < 1.29 is 47.7 Å². The van der Waals surface area contributed by atoms with Gasteiger partial charge in [-0.15, -0.1) is 0 Å². The lowest BCUT2D eigenvalue weighted by atomic mass is 9.96. The van der Waals surface area contributed by atoms with Crippen LogP contribution in [0.5, 0.6) is 0 Å². The molecule has 1 heterocycles. The van der Waals surface area contributed by atoms with E-state index >= 15 is 0 Å². The highest BCUT2D eigenvalue weighted by Crippen LogP contribution is 2.32. The molecule has 1 aliphatic heterocycles. The Balaban J connectivity index is 2.55. The number of hydrogen-bond donors (Lipinski definition) is 0. The fourth-order valence-electron chi connectivity index (χ4n) is 3.62. The summed E-state index contributed by atoms with van der Waals surface area (Å²) in [6.45, 7) is 5.60. The summed E-state index contributed by atoms with van der Waals surface area (Å²) in [6.07, 6.45) is -6.36. The van der Waals surface area contributed by atoms with Crippen molar-refractivity contribution in [2.24, 2.45) is 0 Å². The van der Waals surface area contributed by atoms with E-state index in [1.165, 1.54) is 18.7 Å². The molecule has 2 rings (SSSR count). The molecule has 11 heteroatoms. The quantitative estimate of drug-likeness (QED) is 0.394. The second kappa shape index (κ2) is 12.1. The van der Waals surface area contributed by atoms with E-state index in [1.807, 2.05) is 6.07 Å². The first-order chi connectivity index (χ1) is 16.0. The van der Waals surface area contributed by atoms with E-state index in [2.05, 4.69) is 0 Å². The fourth-order valence-corrected chi connectivity index (χ4v) is 3.62. The number of carbonyl (C=O) groups excluding carboxylic acids is 5. The third-order valence-corrected chi connectivity index (χ3v) is 4.87. The maximum absolute atomic E-state index is 12.7. The normalized spacial score (nSPS) is 23.9. The van der Waals surface area contributed by atoms with E-state index in [-0.39, 0.29) is 13.2 Å². The molecule has 1 saturated heterocycles.